The maximum absolute atomic E-state index is 12.6. The van der Waals surface area contributed by atoms with Crippen LogP contribution in [0, 0.1) is 16.0 Å². The Labute approximate surface area is 193 Å². The maximum Gasteiger partial charge on any atom is 0.354 e. The van der Waals surface area contributed by atoms with Gasteiger partial charge in [-0.3, -0.25) is 14.9 Å². The van der Waals surface area contributed by atoms with E-state index in [1.54, 1.807) is 48.7 Å². The van der Waals surface area contributed by atoms with E-state index in [1.165, 1.54) is 6.42 Å². The van der Waals surface area contributed by atoms with Gasteiger partial charge >= 0.3 is 11.6 Å². The van der Waals surface area contributed by atoms with Gasteiger partial charge in [0.1, 0.15) is 11.4 Å². The second-order valence-corrected chi connectivity index (χ2v) is 8.28. The predicted molar refractivity (Wildman–Crippen MR) is 127 cm³/mol. The van der Waals surface area contributed by atoms with Crippen LogP contribution in [0.3, 0.4) is 0 Å². The Morgan fingerprint density at radius 2 is 1.73 bits per heavy atom. The maximum atomic E-state index is 12.6. The van der Waals surface area contributed by atoms with Gasteiger partial charge in [0.25, 0.3) is 0 Å². The predicted octanol–water partition coefficient (Wildman–Crippen LogP) is 6.03. The third-order valence-corrected chi connectivity index (χ3v) is 6.07. The van der Waals surface area contributed by atoms with Gasteiger partial charge in [0.15, 0.2) is 5.78 Å². The molecule has 0 atom stereocenters. The molecule has 2 aromatic carbocycles. The van der Waals surface area contributed by atoms with Crippen molar-refractivity contribution >= 4 is 17.2 Å². The molecule has 4 rings (SSSR count). The normalized spacial score (nSPS) is 14.2. The minimum atomic E-state index is -0.427. The van der Waals surface area contributed by atoms with E-state index in [0.717, 1.165) is 32.4 Å². The molecule has 0 saturated carbocycles. The molecule has 1 saturated heterocycles. The topological polar surface area (TPSA) is 85.6 Å². The Bertz CT molecular complexity index is 1110. The molecule has 3 aromatic rings. The number of ether oxygens (including phenoxy) is 1. The van der Waals surface area contributed by atoms with Gasteiger partial charge < -0.3 is 9.64 Å². The van der Waals surface area contributed by atoms with Crippen molar-refractivity contribution in [3.63, 3.8) is 0 Å². The van der Waals surface area contributed by atoms with Crippen LogP contribution in [-0.2, 0) is 0 Å². The molecule has 0 spiro atoms. The smallest absolute Gasteiger partial charge is 0.354 e. The Kier molecular flexibility index (Phi) is 6.98. The minimum Gasteiger partial charge on any atom is -0.434 e. The highest BCUT2D eigenvalue weighted by atomic mass is 16.6. The lowest BCUT2D eigenvalue weighted by atomic mass is 9.92. The minimum absolute atomic E-state index is 0.0460. The zero-order valence-electron chi connectivity index (χ0n) is 18.6. The first-order valence-electron chi connectivity index (χ1n) is 11.3. The number of nitrogens with zero attached hydrogens (tertiary/aromatic N) is 3. The largest absolute Gasteiger partial charge is 0.434 e. The van der Waals surface area contributed by atoms with Gasteiger partial charge in [-0.1, -0.05) is 50.1 Å². The number of nitro groups is 1. The number of anilines is 1. The number of pyridine rings is 1. The molecule has 0 aliphatic carbocycles. The number of piperidine rings is 1. The van der Waals surface area contributed by atoms with Crippen LogP contribution in [-0.4, -0.2) is 28.8 Å². The van der Waals surface area contributed by atoms with Gasteiger partial charge in [-0.25, -0.2) is 4.98 Å². The van der Waals surface area contributed by atoms with Gasteiger partial charge in [-0.05, 0) is 49.1 Å². The quantitative estimate of drug-likeness (QED) is 0.239. The van der Waals surface area contributed by atoms with Crippen LogP contribution in [0.2, 0.25) is 0 Å². The second-order valence-electron chi connectivity index (χ2n) is 8.28. The van der Waals surface area contributed by atoms with Gasteiger partial charge in [0.05, 0.1) is 4.92 Å². The van der Waals surface area contributed by atoms with E-state index >= 15 is 0 Å². The highest BCUT2D eigenvalue weighted by molar-refractivity contribution is 6.09. The summed E-state index contributed by atoms with van der Waals surface area (Å²) in [7, 11) is 0. The van der Waals surface area contributed by atoms with E-state index in [1.807, 2.05) is 18.2 Å². The number of carbonyl (C=O) groups excluding carboxylic acids is 1. The van der Waals surface area contributed by atoms with Crippen molar-refractivity contribution < 1.29 is 14.5 Å². The van der Waals surface area contributed by atoms with E-state index < -0.39 is 4.92 Å². The summed E-state index contributed by atoms with van der Waals surface area (Å²) in [6.07, 6.45) is 5.96. The molecule has 2 heterocycles. The number of ketones is 1. The fourth-order valence-corrected chi connectivity index (χ4v) is 4.34. The van der Waals surface area contributed by atoms with Crippen molar-refractivity contribution in [3.05, 3.63) is 88.1 Å². The molecule has 1 fully saturated rings. The number of aromatic nitrogens is 1. The molecule has 1 aliphatic rings. The Hall–Kier alpha value is -3.74. The van der Waals surface area contributed by atoms with Crippen molar-refractivity contribution in [1.29, 1.82) is 0 Å². The highest BCUT2D eigenvalue weighted by Crippen LogP contribution is 2.39. The molecular formula is C26H27N3O4. The fourth-order valence-electron chi connectivity index (χ4n) is 4.34. The summed E-state index contributed by atoms with van der Waals surface area (Å²) in [5.74, 6) is 0.920. The molecule has 7 nitrogen and oxygen atoms in total. The SMILES string of the molecule is CCCC1CCN(c2ccnc(Oc3ccc(C(=O)c4ccccc4)cc3)c2[N+](=O)[O-])CC1. The van der Waals surface area contributed by atoms with Crippen LogP contribution in [0.15, 0.2) is 66.9 Å². The monoisotopic (exact) mass is 445 g/mol. The summed E-state index contributed by atoms with van der Waals surface area (Å²) >= 11 is 0. The summed E-state index contributed by atoms with van der Waals surface area (Å²) in [5, 5.41) is 12.0. The van der Waals surface area contributed by atoms with E-state index in [-0.39, 0.29) is 17.4 Å². The van der Waals surface area contributed by atoms with Crippen LogP contribution in [0.5, 0.6) is 11.6 Å². The van der Waals surface area contributed by atoms with Crippen molar-refractivity contribution in [3.8, 4) is 11.6 Å². The first kappa shape index (κ1) is 22.5. The molecule has 33 heavy (non-hydrogen) atoms. The average molecular weight is 446 g/mol. The first-order chi connectivity index (χ1) is 16.1. The highest BCUT2D eigenvalue weighted by Gasteiger charge is 2.29. The Balaban J connectivity index is 1.53. The van der Waals surface area contributed by atoms with Crippen LogP contribution in [0.1, 0.15) is 48.5 Å². The van der Waals surface area contributed by atoms with E-state index in [4.69, 9.17) is 4.74 Å². The molecule has 1 aromatic heterocycles. The average Bonchev–Trinajstić information content (AvgIpc) is 2.85. The molecule has 0 N–H and O–H groups in total. The molecule has 1 aliphatic heterocycles. The summed E-state index contributed by atoms with van der Waals surface area (Å²) in [6.45, 7) is 3.75. The number of hydrogen-bond acceptors (Lipinski definition) is 6. The zero-order valence-corrected chi connectivity index (χ0v) is 18.6. The standard InChI is InChI=1S/C26H27N3O4/c1-2-6-19-14-17-28(18-15-19)23-13-16-27-26(24(23)29(31)32)33-22-11-9-21(10-12-22)25(30)20-7-4-3-5-8-20/h3-5,7-13,16,19H,2,6,14-15,17-18H2,1H3. The van der Waals surface area contributed by atoms with Gasteiger partial charge in [0.2, 0.25) is 0 Å². The fraction of sp³-hybridized carbons (Fsp3) is 0.308. The van der Waals surface area contributed by atoms with E-state index in [0.29, 0.717) is 28.5 Å². The number of carbonyl (C=O) groups is 1. The molecule has 0 bridgehead atoms. The Morgan fingerprint density at radius 1 is 1.06 bits per heavy atom. The van der Waals surface area contributed by atoms with Gasteiger partial charge in [0, 0.05) is 30.4 Å². The summed E-state index contributed by atoms with van der Waals surface area (Å²) < 4.78 is 5.81. The lowest BCUT2D eigenvalue weighted by Gasteiger charge is -2.33. The molecular weight excluding hydrogens is 418 g/mol. The molecule has 170 valence electrons. The van der Waals surface area contributed by atoms with Crippen LogP contribution in [0.4, 0.5) is 11.4 Å². The third kappa shape index (κ3) is 5.19. The lowest BCUT2D eigenvalue weighted by Crippen LogP contribution is -2.34. The van der Waals surface area contributed by atoms with E-state index in [2.05, 4.69) is 16.8 Å². The zero-order chi connectivity index (χ0) is 23.2. The second kappa shape index (κ2) is 10.3. The molecule has 0 unspecified atom stereocenters. The number of benzene rings is 2. The molecule has 0 amide bonds. The Morgan fingerprint density at radius 3 is 2.36 bits per heavy atom. The molecule has 7 heteroatoms. The summed E-state index contributed by atoms with van der Waals surface area (Å²) in [4.78, 5) is 30.3. The first-order valence-corrected chi connectivity index (χ1v) is 11.3. The van der Waals surface area contributed by atoms with Crippen LogP contribution >= 0.6 is 0 Å². The number of rotatable bonds is 8. The van der Waals surface area contributed by atoms with Crippen molar-refractivity contribution in [2.45, 2.75) is 32.6 Å². The van der Waals surface area contributed by atoms with Crippen LogP contribution < -0.4 is 9.64 Å². The van der Waals surface area contributed by atoms with Gasteiger partial charge in [-0.2, -0.15) is 0 Å². The molecule has 0 radical (unpaired) electrons. The van der Waals surface area contributed by atoms with Crippen molar-refractivity contribution in [2.24, 2.45) is 5.92 Å². The summed E-state index contributed by atoms with van der Waals surface area (Å²) in [6, 6.07) is 17.3. The summed E-state index contributed by atoms with van der Waals surface area (Å²) in [5.41, 5.74) is 1.52. The van der Waals surface area contributed by atoms with Crippen LogP contribution in [0.25, 0.3) is 0 Å². The lowest BCUT2D eigenvalue weighted by molar-refractivity contribution is -0.385. The van der Waals surface area contributed by atoms with Gasteiger partial charge in [-0.15, -0.1) is 0 Å². The number of hydrogen-bond donors (Lipinski definition) is 0. The van der Waals surface area contributed by atoms with Crippen molar-refractivity contribution in [1.82, 2.24) is 4.98 Å². The third-order valence-electron chi connectivity index (χ3n) is 6.07. The van der Waals surface area contributed by atoms with Crippen molar-refractivity contribution in [2.75, 3.05) is 18.0 Å². The van der Waals surface area contributed by atoms with E-state index in [9.17, 15) is 14.9 Å².